The van der Waals surface area contributed by atoms with Gasteiger partial charge in [-0.1, -0.05) is 167 Å². The van der Waals surface area contributed by atoms with Crippen LogP contribution in [0.4, 0.5) is 0 Å². The molecule has 0 spiro atoms. The molecule has 0 unspecified atom stereocenters. The van der Waals surface area contributed by atoms with E-state index in [9.17, 15) is 60.3 Å². The van der Waals surface area contributed by atoms with Gasteiger partial charge in [-0.2, -0.15) is 0 Å². The van der Waals surface area contributed by atoms with Gasteiger partial charge in [-0.15, -0.1) is 0 Å². The molecule has 0 bridgehead atoms. The second-order valence-corrected chi connectivity index (χ2v) is 19.4. The van der Waals surface area contributed by atoms with Crippen molar-refractivity contribution in [2.75, 3.05) is 19.8 Å². The summed E-state index contributed by atoms with van der Waals surface area (Å²) < 4.78 is 23.5. The van der Waals surface area contributed by atoms with Crippen molar-refractivity contribution in [1.82, 2.24) is 10.6 Å². The largest absolute Gasteiger partial charge is 0.477 e. The number of aliphatic carboxylic acids is 1. The first-order chi connectivity index (χ1) is 33.2. The molecule has 2 aliphatic heterocycles. The molecular weight excluding hydrogens is 897 g/mol. The van der Waals surface area contributed by atoms with Crippen LogP contribution in [0.5, 0.6) is 0 Å². The first-order valence-electron chi connectivity index (χ1n) is 26.5. The minimum atomic E-state index is -2.96. The van der Waals surface area contributed by atoms with Gasteiger partial charge in [0, 0.05) is 19.8 Å². The summed E-state index contributed by atoms with van der Waals surface area (Å²) in [6.45, 7) is 3.21. The van der Waals surface area contributed by atoms with Gasteiger partial charge in [-0.3, -0.25) is 9.59 Å². The van der Waals surface area contributed by atoms with E-state index < -0.39 is 117 Å². The van der Waals surface area contributed by atoms with Gasteiger partial charge in [0.15, 0.2) is 6.29 Å². The van der Waals surface area contributed by atoms with Gasteiger partial charge < -0.3 is 75.5 Å². The van der Waals surface area contributed by atoms with E-state index in [4.69, 9.17) is 18.9 Å². The fraction of sp³-hybridized carbons (Fsp3) is 0.902. The number of amides is 2. The van der Waals surface area contributed by atoms with Crippen molar-refractivity contribution in [3.63, 3.8) is 0 Å². The van der Waals surface area contributed by atoms with E-state index in [0.717, 1.165) is 51.9 Å². The van der Waals surface area contributed by atoms with Crippen LogP contribution < -0.4 is 10.6 Å². The number of nitrogens with one attached hydrogen (secondary N) is 2. The van der Waals surface area contributed by atoms with E-state index >= 15 is 0 Å². The maximum atomic E-state index is 13.4. The first kappa shape index (κ1) is 62.8. The highest BCUT2D eigenvalue weighted by Crippen LogP contribution is 2.38. The summed E-state index contributed by atoms with van der Waals surface area (Å²) in [5.41, 5.74) is 0. The summed E-state index contributed by atoms with van der Waals surface area (Å²) in [5.74, 6) is -5.90. The second-order valence-electron chi connectivity index (χ2n) is 19.4. The predicted octanol–water partition coefficient (Wildman–Crippen LogP) is 4.56. The molecule has 404 valence electrons. The number of rotatable bonds is 40. The van der Waals surface area contributed by atoms with Crippen LogP contribution in [-0.2, 0) is 33.3 Å². The lowest BCUT2D eigenvalue weighted by molar-refractivity contribution is -0.377. The lowest BCUT2D eigenvalue weighted by Crippen LogP contribution is -2.70. The average molecular weight is 991 g/mol. The number of carbonyl (C=O) groups is 3. The van der Waals surface area contributed by atoms with Crippen LogP contribution >= 0.6 is 0 Å². The molecule has 0 aliphatic carbocycles. The summed E-state index contributed by atoms with van der Waals surface area (Å²) >= 11 is 0. The van der Waals surface area contributed by atoms with Crippen LogP contribution in [0.15, 0.2) is 12.2 Å². The van der Waals surface area contributed by atoms with Crippen molar-refractivity contribution in [1.29, 1.82) is 0 Å². The van der Waals surface area contributed by atoms with Crippen LogP contribution in [0.1, 0.15) is 194 Å². The Morgan fingerprint density at radius 3 is 1.72 bits per heavy atom. The van der Waals surface area contributed by atoms with Crippen LogP contribution in [0.25, 0.3) is 0 Å². The summed E-state index contributed by atoms with van der Waals surface area (Å²) in [4.78, 5) is 38.4. The molecule has 2 fully saturated rings. The summed E-state index contributed by atoms with van der Waals surface area (Å²) in [7, 11) is 0. The van der Waals surface area contributed by atoms with Crippen molar-refractivity contribution in [3.05, 3.63) is 12.2 Å². The smallest absolute Gasteiger partial charge is 0.364 e. The number of unbranched alkanes of at least 4 members (excludes halogenated alkanes) is 23. The Morgan fingerprint density at radius 1 is 0.739 bits per heavy atom. The number of hydrogen-bond donors (Lipinski definition) is 11. The molecule has 0 radical (unpaired) electrons. The normalized spacial score (nSPS) is 26.9. The second kappa shape index (κ2) is 36.6. The number of hydrogen-bond acceptors (Lipinski definition) is 15. The molecule has 0 aromatic rings. The molecule has 69 heavy (non-hydrogen) atoms. The van der Waals surface area contributed by atoms with Crippen LogP contribution in [0.3, 0.4) is 0 Å². The number of carboxylic acids is 1. The zero-order chi connectivity index (χ0) is 51.0. The van der Waals surface area contributed by atoms with Crippen LogP contribution in [0.2, 0.25) is 0 Å². The van der Waals surface area contributed by atoms with E-state index in [1.54, 1.807) is 6.08 Å². The topological polar surface area (TPSA) is 294 Å². The standard InChI is InChI=1S/C51H94N2O16/c1-4-6-8-10-12-14-16-18-20-22-24-26-28-30-38(57)37(53-42(60)31-29-27-25-23-21-19-17-15-13-11-9-7-5-2)35-66-49-48(46(63)45(62)41(34-55)67-49)69-51(50(64)65)32-39(58)43(52-36(3)56)47(68-51)44(61)40(59)33-54/h28,30,37-41,43-49,54-55,57-59,61-63H,4-27,29,31-35H2,1-3H3,(H,52,56)(H,53,60)(H,64,65)/b30-28+/t37-,38+,39-,40+,41+,43+,44+,45-,46-,47+,48+,49+,51-/m0/s1. The SMILES string of the molecule is CCCCCCCCCCCCC/C=C/[C@@H](O)[C@H](CO[C@@H]1O[C@H](CO)[C@H](O)[C@H](O)[C@H]1O[C@]1(C(=O)O)C[C@H](O)[C@@H](NC(C)=O)[C@H]([C@H](O)[C@H](O)CO)O1)NC(=O)CCCCCCCCCCCCCCC. The molecule has 2 rings (SSSR count). The highest BCUT2D eigenvalue weighted by Gasteiger charge is 2.59. The fourth-order valence-electron chi connectivity index (χ4n) is 9.09. The van der Waals surface area contributed by atoms with Crippen molar-refractivity contribution in [3.8, 4) is 0 Å². The summed E-state index contributed by atoms with van der Waals surface area (Å²) in [6.07, 6.45) is 13.2. The van der Waals surface area contributed by atoms with Crippen molar-refractivity contribution in [2.24, 2.45) is 0 Å². The Kier molecular flexibility index (Phi) is 33.3. The zero-order valence-electron chi connectivity index (χ0n) is 42.2. The number of ether oxygens (including phenoxy) is 4. The third kappa shape index (κ3) is 23.8. The quantitative estimate of drug-likeness (QED) is 0.0296. The Labute approximate surface area is 411 Å². The van der Waals surface area contributed by atoms with Crippen molar-refractivity contribution < 1.29 is 79.3 Å². The number of allylic oxidation sites excluding steroid dienone is 1. The maximum Gasteiger partial charge on any atom is 0.364 e. The molecule has 13 atom stereocenters. The monoisotopic (exact) mass is 991 g/mol. The Balaban J connectivity index is 2.19. The Bertz CT molecular complexity index is 1400. The van der Waals surface area contributed by atoms with Crippen LogP contribution in [0, 0.1) is 0 Å². The Morgan fingerprint density at radius 2 is 1.25 bits per heavy atom. The van der Waals surface area contributed by atoms with Crippen molar-refractivity contribution in [2.45, 2.75) is 273 Å². The molecule has 0 saturated carbocycles. The number of aliphatic hydroxyl groups is 8. The maximum absolute atomic E-state index is 13.4. The van der Waals surface area contributed by atoms with Gasteiger partial charge >= 0.3 is 5.97 Å². The first-order valence-corrected chi connectivity index (χ1v) is 26.5. The van der Waals surface area contributed by atoms with Gasteiger partial charge in [0.1, 0.15) is 42.7 Å². The zero-order valence-corrected chi connectivity index (χ0v) is 42.2. The molecule has 2 amide bonds. The number of carbonyl (C=O) groups excluding carboxylic acids is 2. The molecular formula is C51H94N2O16. The summed E-state index contributed by atoms with van der Waals surface area (Å²) in [6, 6.07) is -2.60. The van der Waals surface area contributed by atoms with E-state index in [1.165, 1.54) is 103 Å². The average Bonchev–Trinajstić information content (AvgIpc) is 3.32. The van der Waals surface area contributed by atoms with Gasteiger partial charge in [-0.25, -0.2) is 4.79 Å². The molecule has 11 N–H and O–H groups in total. The minimum Gasteiger partial charge on any atom is -0.477 e. The third-order valence-corrected chi connectivity index (χ3v) is 13.4. The Hall–Kier alpha value is -2.33. The highest BCUT2D eigenvalue weighted by molar-refractivity contribution is 5.77. The summed E-state index contributed by atoms with van der Waals surface area (Å²) in [5, 5.41) is 101. The number of carboxylic acid groups (broad SMARTS) is 1. The molecule has 2 saturated heterocycles. The molecule has 18 heteroatoms. The predicted molar refractivity (Wildman–Crippen MR) is 260 cm³/mol. The van der Waals surface area contributed by atoms with Crippen molar-refractivity contribution >= 4 is 17.8 Å². The third-order valence-electron chi connectivity index (χ3n) is 13.4. The van der Waals surface area contributed by atoms with E-state index in [1.807, 2.05) is 6.08 Å². The van der Waals surface area contributed by atoms with Crippen LogP contribution in [-0.4, -0.2) is 163 Å². The van der Waals surface area contributed by atoms with Gasteiger partial charge in [0.05, 0.1) is 44.1 Å². The fourth-order valence-corrected chi connectivity index (χ4v) is 9.09. The molecule has 2 aliphatic rings. The minimum absolute atomic E-state index is 0.185. The molecule has 0 aromatic heterocycles. The molecule has 2 heterocycles. The highest BCUT2D eigenvalue weighted by atomic mass is 16.8. The molecule has 18 nitrogen and oxygen atoms in total. The number of aliphatic hydroxyl groups excluding tert-OH is 8. The van der Waals surface area contributed by atoms with Gasteiger partial charge in [0.25, 0.3) is 5.79 Å². The van der Waals surface area contributed by atoms with E-state index in [-0.39, 0.29) is 12.3 Å². The molecule has 0 aromatic carbocycles. The van der Waals surface area contributed by atoms with Gasteiger partial charge in [0.2, 0.25) is 11.8 Å². The van der Waals surface area contributed by atoms with Gasteiger partial charge in [-0.05, 0) is 19.3 Å². The lowest BCUT2D eigenvalue weighted by atomic mass is 9.88. The lowest BCUT2D eigenvalue weighted by Gasteiger charge is -2.50. The van der Waals surface area contributed by atoms with E-state index in [0.29, 0.717) is 12.8 Å². The van der Waals surface area contributed by atoms with E-state index in [2.05, 4.69) is 24.5 Å².